The van der Waals surface area contributed by atoms with E-state index in [4.69, 9.17) is 9.57 Å². The third kappa shape index (κ3) is 2.22. The Kier molecular flexibility index (Phi) is 3.55. The Morgan fingerprint density at radius 1 is 1.92 bits per heavy atom. The first-order chi connectivity index (χ1) is 5.77. The molecule has 0 radical (unpaired) electrons. The van der Waals surface area contributed by atoms with Gasteiger partial charge in [0.15, 0.2) is 0 Å². The molecule has 5 heteroatoms. The molecule has 1 atom stereocenters. The Bertz CT molecular complexity index is 205. The first-order valence-corrected chi connectivity index (χ1v) is 4.76. The SMILES string of the molecule is CCOC(=O)C1=CC(CBr)ON1. The number of hydrogen-bond donors (Lipinski definition) is 1. The second-order valence-corrected chi connectivity index (χ2v) is 2.86. The molecular formula is C7H10BrNO3. The van der Waals surface area contributed by atoms with Gasteiger partial charge in [-0.25, -0.2) is 4.79 Å². The molecule has 0 saturated heterocycles. The molecule has 4 nitrogen and oxygen atoms in total. The van der Waals surface area contributed by atoms with Crippen molar-refractivity contribution in [3.63, 3.8) is 0 Å². The number of ether oxygens (including phenoxy) is 1. The lowest BCUT2D eigenvalue weighted by atomic mass is 10.3. The number of nitrogens with one attached hydrogen (secondary N) is 1. The van der Waals surface area contributed by atoms with Crippen LogP contribution in [0.25, 0.3) is 0 Å². The average molecular weight is 236 g/mol. The van der Waals surface area contributed by atoms with Gasteiger partial charge in [-0.3, -0.25) is 10.3 Å². The number of halogens is 1. The quantitative estimate of drug-likeness (QED) is 0.579. The van der Waals surface area contributed by atoms with Crippen molar-refractivity contribution in [2.75, 3.05) is 11.9 Å². The van der Waals surface area contributed by atoms with Gasteiger partial charge in [-0.1, -0.05) is 15.9 Å². The summed E-state index contributed by atoms with van der Waals surface area (Å²) in [6, 6.07) is 0. The van der Waals surface area contributed by atoms with Crippen LogP contribution in [-0.2, 0) is 14.4 Å². The maximum atomic E-state index is 11.1. The lowest BCUT2D eigenvalue weighted by Crippen LogP contribution is -2.18. The highest BCUT2D eigenvalue weighted by molar-refractivity contribution is 9.09. The van der Waals surface area contributed by atoms with Gasteiger partial charge >= 0.3 is 5.97 Å². The number of esters is 1. The molecule has 0 aliphatic carbocycles. The minimum atomic E-state index is -0.374. The van der Waals surface area contributed by atoms with Crippen molar-refractivity contribution in [2.45, 2.75) is 13.0 Å². The Balaban J connectivity index is 2.48. The Labute approximate surface area is 79.0 Å². The molecule has 1 N–H and O–H groups in total. The second-order valence-electron chi connectivity index (χ2n) is 2.21. The first kappa shape index (κ1) is 9.54. The maximum Gasteiger partial charge on any atom is 0.356 e. The van der Waals surface area contributed by atoms with E-state index in [1.165, 1.54) is 0 Å². The molecule has 68 valence electrons. The summed E-state index contributed by atoms with van der Waals surface area (Å²) < 4.78 is 4.75. The minimum absolute atomic E-state index is 0.0931. The molecule has 0 aromatic rings. The van der Waals surface area contributed by atoms with Gasteiger partial charge in [0.25, 0.3) is 0 Å². The molecule has 0 aromatic heterocycles. The van der Waals surface area contributed by atoms with E-state index in [0.717, 1.165) is 0 Å². The minimum Gasteiger partial charge on any atom is -0.461 e. The van der Waals surface area contributed by atoms with Gasteiger partial charge in [0.2, 0.25) is 0 Å². The molecule has 0 fully saturated rings. The van der Waals surface area contributed by atoms with E-state index in [1.54, 1.807) is 13.0 Å². The summed E-state index contributed by atoms with van der Waals surface area (Å²) in [7, 11) is 0. The van der Waals surface area contributed by atoms with E-state index in [9.17, 15) is 4.79 Å². The number of carbonyl (C=O) groups excluding carboxylic acids is 1. The van der Waals surface area contributed by atoms with Crippen LogP contribution in [0.15, 0.2) is 11.8 Å². The topological polar surface area (TPSA) is 47.6 Å². The summed E-state index contributed by atoms with van der Waals surface area (Å²) in [6.07, 6.45) is 1.59. The molecular weight excluding hydrogens is 226 g/mol. The van der Waals surface area contributed by atoms with Gasteiger partial charge in [0.05, 0.1) is 6.61 Å². The van der Waals surface area contributed by atoms with Crippen LogP contribution in [0.1, 0.15) is 6.92 Å². The molecule has 1 rings (SSSR count). The predicted molar refractivity (Wildman–Crippen MR) is 46.5 cm³/mol. The standard InChI is InChI=1S/C7H10BrNO3/c1-2-11-7(10)6-3-5(4-8)12-9-6/h3,5,9H,2,4H2,1H3. The molecule has 1 heterocycles. The number of hydrogen-bond acceptors (Lipinski definition) is 4. The van der Waals surface area contributed by atoms with E-state index in [0.29, 0.717) is 17.6 Å². The van der Waals surface area contributed by atoms with Gasteiger partial charge in [-0.2, -0.15) is 0 Å². The van der Waals surface area contributed by atoms with E-state index >= 15 is 0 Å². The highest BCUT2D eigenvalue weighted by Gasteiger charge is 2.20. The first-order valence-electron chi connectivity index (χ1n) is 3.64. The largest absolute Gasteiger partial charge is 0.461 e. The van der Waals surface area contributed by atoms with Crippen LogP contribution in [0, 0.1) is 0 Å². The Hall–Kier alpha value is -0.550. The highest BCUT2D eigenvalue weighted by Crippen LogP contribution is 2.09. The third-order valence-electron chi connectivity index (χ3n) is 1.32. The van der Waals surface area contributed by atoms with Gasteiger partial charge < -0.3 is 4.74 Å². The lowest BCUT2D eigenvalue weighted by molar-refractivity contribution is -0.140. The average Bonchev–Trinajstić information content (AvgIpc) is 2.52. The molecule has 12 heavy (non-hydrogen) atoms. The van der Waals surface area contributed by atoms with Crippen molar-refractivity contribution < 1.29 is 14.4 Å². The zero-order chi connectivity index (χ0) is 8.97. The van der Waals surface area contributed by atoms with Crippen molar-refractivity contribution in [1.82, 2.24) is 5.48 Å². The monoisotopic (exact) mass is 235 g/mol. The number of alkyl halides is 1. The molecule has 0 aromatic carbocycles. The number of rotatable bonds is 3. The van der Waals surface area contributed by atoms with Crippen molar-refractivity contribution in [3.8, 4) is 0 Å². The van der Waals surface area contributed by atoms with E-state index < -0.39 is 0 Å². The lowest BCUT2D eigenvalue weighted by Gasteiger charge is -2.02. The van der Waals surface area contributed by atoms with Crippen molar-refractivity contribution in [1.29, 1.82) is 0 Å². The van der Waals surface area contributed by atoms with Crippen molar-refractivity contribution in [2.24, 2.45) is 0 Å². The van der Waals surface area contributed by atoms with Gasteiger partial charge in [0, 0.05) is 5.33 Å². The third-order valence-corrected chi connectivity index (χ3v) is 1.96. The molecule has 0 saturated carbocycles. The van der Waals surface area contributed by atoms with Gasteiger partial charge in [-0.15, -0.1) is 0 Å². The fraction of sp³-hybridized carbons (Fsp3) is 0.571. The van der Waals surface area contributed by atoms with Crippen LogP contribution >= 0.6 is 15.9 Å². The predicted octanol–water partition coefficient (Wildman–Crippen LogP) is 0.732. The van der Waals surface area contributed by atoms with Crippen LogP contribution in [0.4, 0.5) is 0 Å². The number of hydroxylamine groups is 1. The van der Waals surface area contributed by atoms with Crippen LogP contribution in [-0.4, -0.2) is 24.0 Å². The van der Waals surface area contributed by atoms with Crippen LogP contribution in [0.5, 0.6) is 0 Å². The van der Waals surface area contributed by atoms with Crippen molar-refractivity contribution >= 4 is 21.9 Å². The maximum absolute atomic E-state index is 11.1. The van der Waals surface area contributed by atoms with Crippen LogP contribution in [0.3, 0.4) is 0 Å². The molecule has 1 unspecified atom stereocenters. The smallest absolute Gasteiger partial charge is 0.356 e. The van der Waals surface area contributed by atoms with Crippen molar-refractivity contribution in [3.05, 3.63) is 11.8 Å². The van der Waals surface area contributed by atoms with Gasteiger partial charge in [-0.05, 0) is 13.0 Å². The summed E-state index contributed by atoms with van der Waals surface area (Å²) in [5, 5.41) is 0.656. The molecule has 0 amide bonds. The van der Waals surface area contributed by atoms with Crippen LogP contribution < -0.4 is 5.48 Å². The molecule has 1 aliphatic heterocycles. The number of carbonyl (C=O) groups is 1. The highest BCUT2D eigenvalue weighted by atomic mass is 79.9. The molecule has 0 spiro atoms. The summed E-state index contributed by atoms with van der Waals surface area (Å²) in [5.74, 6) is -0.374. The van der Waals surface area contributed by atoms with E-state index in [1.807, 2.05) is 0 Å². The van der Waals surface area contributed by atoms with E-state index in [-0.39, 0.29) is 12.1 Å². The second kappa shape index (κ2) is 4.47. The molecule has 1 aliphatic rings. The summed E-state index contributed by atoms with van der Waals surface area (Å²) in [5.41, 5.74) is 2.87. The zero-order valence-corrected chi connectivity index (χ0v) is 8.26. The Morgan fingerprint density at radius 3 is 3.17 bits per heavy atom. The van der Waals surface area contributed by atoms with Gasteiger partial charge in [0.1, 0.15) is 11.8 Å². The summed E-state index contributed by atoms with van der Waals surface area (Å²) >= 11 is 3.23. The zero-order valence-electron chi connectivity index (χ0n) is 6.67. The summed E-state index contributed by atoms with van der Waals surface area (Å²) in [6.45, 7) is 2.13. The van der Waals surface area contributed by atoms with Crippen LogP contribution in [0.2, 0.25) is 0 Å². The molecule has 0 bridgehead atoms. The summed E-state index contributed by atoms with van der Waals surface area (Å²) in [4.78, 5) is 16.1. The fourth-order valence-electron chi connectivity index (χ4n) is 0.788. The normalized spacial score (nSPS) is 21.5. The Morgan fingerprint density at radius 2 is 2.67 bits per heavy atom. The fourth-order valence-corrected chi connectivity index (χ4v) is 1.11. The van der Waals surface area contributed by atoms with E-state index in [2.05, 4.69) is 21.4 Å².